The Hall–Kier alpha value is -3.08. The first kappa shape index (κ1) is 20.6. The number of fused-ring (bicyclic) bond motifs is 3. The number of carbonyl (C=O) groups excluding carboxylic acids is 1. The van der Waals surface area contributed by atoms with Crippen molar-refractivity contribution in [1.82, 2.24) is 5.32 Å². The number of carboxylic acid groups (broad SMARTS) is 1. The van der Waals surface area contributed by atoms with Gasteiger partial charge in [0.1, 0.15) is 6.61 Å². The van der Waals surface area contributed by atoms with Crippen LogP contribution in [0.25, 0.3) is 11.1 Å². The van der Waals surface area contributed by atoms with E-state index in [1.165, 1.54) is 22.3 Å². The summed E-state index contributed by atoms with van der Waals surface area (Å²) < 4.78 is 5.47. The molecule has 0 unspecified atom stereocenters. The van der Waals surface area contributed by atoms with Gasteiger partial charge in [-0.3, -0.25) is 0 Å². The predicted octanol–water partition coefficient (Wildman–Crippen LogP) is 4.97. The summed E-state index contributed by atoms with van der Waals surface area (Å²) in [5, 5.41) is 12.0. The van der Waals surface area contributed by atoms with E-state index < -0.39 is 17.5 Å². The molecule has 152 valence electrons. The highest BCUT2D eigenvalue weighted by Gasteiger charge is 2.29. The molecule has 3 rings (SSSR count). The van der Waals surface area contributed by atoms with E-state index in [-0.39, 0.29) is 12.5 Å². The number of amides is 1. The molecular formula is C24H27NO4. The molecular weight excluding hydrogens is 366 g/mol. The molecule has 5 heteroatoms. The fourth-order valence-corrected chi connectivity index (χ4v) is 3.75. The minimum Gasteiger partial charge on any atom is -0.478 e. The number of hydrogen-bond acceptors (Lipinski definition) is 3. The van der Waals surface area contributed by atoms with Crippen molar-refractivity contribution >= 4 is 12.1 Å². The van der Waals surface area contributed by atoms with E-state index in [1.54, 1.807) is 6.08 Å². The largest absolute Gasteiger partial charge is 0.478 e. The van der Waals surface area contributed by atoms with Gasteiger partial charge in [-0.2, -0.15) is 0 Å². The predicted molar refractivity (Wildman–Crippen MR) is 113 cm³/mol. The number of carbonyl (C=O) groups is 2. The molecule has 29 heavy (non-hydrogen) atoms. The van der Waals surface area contributed by atoms with Gasteiger partial charge in [-0.1, -0.05) is 75.4 Å². The van der Waals surface area contributed by atoms with E-state index >= 15 is 0 Å². The highest BCUT2D eigenvalue weighted by molar-refractivity contribution is 5.87. The number of rotatable bonds is 6. The van der Waals surface area contributed by atoms with Crippen molar-refractivity contribution in [3.8, 4) is 11.1 Å². The van der Waals surface area contributed by atoms with Crippen LogP contribution in [-0.4, -0.2) is 30.3 Å². The summed E-state index contributed by atoms with van der Waals surface area (Å²) in [4.78, 5) is 23.5. The molecule has 0 aromatic heterocycles. The summed E-state index contributed by atoms with van der Waals surface area (Å²) in [7, 11) is 0. The second kappa shape index (κ2) is 8.52. The average Bonchev–Trinajstić information content (AvgIpc) is 2.99. The summed E-state index contributed by atoms with van der Waals surface area (Å²) in [6, 6.07) is 16.4. The standard InChI is InChI=1S/C24H27NO4/c1-24(2,3)21(22(26)27)13-8-14-25-23(28)29-15-20-18-11-6-4-9-16(18)17-10-5-7-12-19(17)20/h4-7,9-13,20H,8,14-15H2,1-3H3,(H,25,28)(H,26,27)/b21-13-. The fourth-order valence-electron chi connectivity index (χ4n) is 3.75. The van der Waals surface area contributed by atoms with Crippen LogP contribution in [0.5, 0.6) is 0 Å². The molecule has 1 aliphatic carbocycles. The number of aliphatic carboxylic acids is 1. The smallest absolute Gasteiger partial charge is 0.407 e. The molecule has 1 aliphatic rings. The zero-order valence-corrected chi connectivity index (χ0v) is 17.1. The van der Waals surface area contributed by atoms with Crippen molar-refractivity contribution in [3.63, 3.8) is 0 Å². The average molecular weight is 393 g/mol. The van der Waals surface area contributed by atoms with Crippen LogP contribution in [0.1, 0.15) is 44.2 Å². The normalized spacial score (nSPS) is 13.6. The lowest BCUT2D eigenvalue weighted by Crippen LogP contribution is -2.27. The number of nitrogens with one attached hydrogen (secondary N) is 1. The summed E-state index contributed by atoms with van der Waals surface area (Å²) in [5.74, 6) is -0.911. The molecule has 1 amide bonds. The highest BCUT2D eigenvalue weighted by Crippen LogP contribution is 2.44. The van der Waals surface area contributed by atoms with Gasteiger partial charge in [0.05, 0.1) is 0 Å². The second-order valence-corrected chi connectivity index (χ2v) is 8.21. The van der Waals surface area contributed by atoms with Gasteiger partial charge in [-0.15, -0.1) is 0 Å². The van der Waals surface area contributed by atoms with Gasteiger partial charge in [-0.25, -0.2) is 9.59 Å². The van der Waals surface area contributed by atoms with Crippen LogP contribution in [0, 0.1) is 5.41 Å². The van der Waals surface area contributed by atoms with Crippen molar-refractivity contribution < 1.29 is 19.4 Å². The van der Waals surface area contributed by atoms with Crippen LogP contribution < -0.4 is 5.32 Å². The van der Waals surface area contributed by atoms with Crippen molar-refractivity contribution in [2.24, 2.45) is 5.41 Å². The number of ether oxygens (including phenoxy) is 1. The maximum atomic E-state index is 12.1. The molecule has 2 N–H and O–H groups in total. The van der Waals surface area contributed by atoms with Gasteiger partial charge in [0, 0.05) is 18.0 Å². The van der Waals surface area contributed by atoms with Crippen LogP contribution in [0.4, 0.5) is 4.79 Å². The first-order valence-electron chi connectivity index (χ1n) is 9.82. The Morgan fingerprint density at radius 1 is 1.03 bits per heavy atom. The monoisotopic (exact) mass is 393 g/mol. The van der Waals surface area contributed by atoms with Crippen molar-refractivity contribution in [1.29, 1.82) is 0 Å². The minimum absolute atomic E-state index is 0.0209. The third-order valence-corrected chi connectivity index (χ3v) is 5.14. The topological polar surface area (TPSA) is 75.6 Å². The quantitative estimate of drug-likeness (QED) is 0.536. The SMILES string of the molecule is CC(C)(C)/C(=C\CCNC(=O)OCC1c2ccccc2-c2ccccc21)C(=O)O. The zero-order chi connectivity index (χ0) is 21.0. The fraction of sp³-hybridized carbons (Fsp3) is 0.333. The highest BCUT2D eigenvalue weighted by atomic mass is 16.5. The Bertz CT molecular complexity index is 894. The van der Waals surface area contributed by atoms with Gasteiger partial charge in [-0.05, 0) is 34.1 Å². The molecule has 0 aliphatic heterocycles. The van der Waals surface area contributed by atoms with E-state index in [9.17, 15) is 14.7 Å². The van der Waals surface area contributed by atoms with Gasteiger partial charge < -0.3 is 15.2 Å². The number of hydrogen-bond donors (Lipinski definition) is 2. The second-order valence-electron chi connectivity index (χ2n) is 8.21. The van der Waals surface area contributed by atoms with Crippen molar-refractivity contribution in [3.05, 3.63) is 71.3 Å². The Kier molecular flexibility index (Phi) is 6.06. The summed E-state index contributed by atoms with van der Waals surface area (Å²) in [5.41, 5.74) is 4.60. The van der Waals surface area contributed by atoms with Gasteiger partial charge in [0.2, 0.25) is 0 Å². The Morgan fingerprint density at radius 3 is 2.10 bits per heavy atom. The number of carboxylic acids is 1. The van der Waals surface area contributed by atoms with E-state index in [1.807, 2.05) is 45.0 Å². The van der Waals surface area contributed by atoms with E-state index in [0.717, 1.165) is 0 Å². The Balaban J connectivity index is 1.56. The lowest BCUT2D eigenvalue weighted by molar-refractivity contribution is -0.133. The number of benzene rings is 2. The van der Waals surface area contributed by atoms with Crippen LogP contribution in [0.2, 0.25) is 0 Å². The molecule has 0 saturated heterocycles. The summed E-state index contributed by atoms with van der Waals surface area (Å²) >= 11 is 0. The first-order valence-corrected chi connectivity index (χ1v) is 9.82. The molecule has 0 fully saturated rings. The zero-order valence-electron chi connectivity index (χ0n) is 17.1. The van der Waals surface area contributed by atoms with Gasteiger partial charge >= 0.3 is 12.1 Å². The summed E-state index contributed by atoms with van der Waals surface area (Å²) in [6.45, 7) is 6.14. The lowest BCUT2D eigenvalue weighted by Gasteiger charge is -2.19. The Labute approximate surface area is 171 Å². The molecule has 0 radical (unpaired) electrons. The van der Waals surface area contributed by atoms with Crippen LogP contribution in [-0.2, 0) is 9.53 Å². The van der Waals surface area contributed by atoms with E-state index in [0.29, 0.717) is 18.5 Å². The first-order chi connectivity index (χ1) is 13.8. The molecule has 0 bridgehead atoms. The molecule has 2 aromatic rings. The lowest BCUT2D eigenvalue weighted by atomic mass is 9.86. The van der Waals surface area contributed by atoms with E-state index in [4.69, 9.17) is 4.74 Å². The molecule has 2 aromatic carbocycles. The van der Waals surface area contributed by atoms with Crippen molar-refractivity contribution in [2.75, 3.05) is 13.2 Å². The maximum Gasteiger partial charge on any atom is 0.407 e. The van der Waals surface area contributed by atoms with Crippen molar-refractivity contribution in [2.45, 2.75) is 33.1 Å². The maximum absolute atomic E-state index is 12.1. The Morgan fingerprint density at radius 2 is 1.59 bits per heavy atom. The molecule has 0 atom stereocenters. The van der Waals surface area contributed by atoms with Gasteiger partial charge in [0.25, 0.3) is 0 Å². The van der Waals surface area contributed by atoms with Crippen LogP contribution >= 0.6 is 0 Å². The minimum atomic E-state index is -0.932. The summed E-state index contributed by atoms with van der Waals surface area (Å²) in [6.07, 6.45) is 1.60. The van der Waals surface area contributed by atoms with Crippen LogP contribution in [0.3, 0.4) is 0 Å². The van der Waals surface area contributed by atoms with E-state index in [2.05, 4.69) is 29.6 Å². The molecule has 0 spiro atoms. The number of alkyl carbamates (subject to hydrolysis) is 1. The van der Waals surface area contributed by atoms with Crippen LogP contribution in [0.15, 0.2) is 60.2 Å². The molecule has 0 saturated carbocycles. The van der Waals surface area contributed by atoms with Gasteiger partial charge in [0.15, 0.2) is 0 Å². The molecule has 5 nitrogen and oxygen atoms in total. The third-order valence-electron chi connectivity index (χ3n) is 5.14. The molecule has 0 heterocycles. The third kappa shape index (κ3) is 4.67.